The molecular weight excluding hydrogens is 559 g/mol. The minimum Gasteiger partial charge on any atom is -0.347 e. The summed E-state index contributed by atoms with van der Waals surface area (Å²) < 4.78 is 77.6. The first-order chi connectivity index (χ1) is 16.1. The smallest absolute Gasteiger partial charge is 0.347 e. The van der Waals surface area contributed by atoms with E-state index in [1.54, 1.807) is 30.4 Å². The number of nitrogens with one attached hydrogen (secondary N) is 1. The number of rotatable bonds is 8. The fraction of sp³-hybridized carbons (Fsp3) is 0.304. The first-order valence-electron chi connectivity index (χ1n) is 9.95. The highest BCUT2D eigenvalue weighted by atomic mass is 35.5. The van der Waals surface area contributed by atoms with Crippen LogP contribution in [0.3, 0.4) is 0 Å². The largest absolute Gasteiger partial charge is 0.405 e. The second kappa shape index (κ2) is 12.0. The Morgan fingerprint density at radius 1 is 1.03 bits per heavy atom. The lowest BCUT2D eigenvalue weighted by molar-refractivity contribution is -0.139. The molecule has 0 heterocycles. The number of carbonyl (C=O) groups excluding carboxylic acids is 1. The van der Waals surface area contributed by atoms with Crippen LogP contribution in [0.2, 0.25) is 15.1 Å². The Bertz CT molecular complexity index is 1110. The van der Waals surface area contributed by atoms with Crippen molar-refractivity contribution in [2.24, 2.45) is 0 Å². The van der Waals surface area contributed by atoms with Gasteiger partial charge in [0.2, 0.25) is 5.91 Å². The molecule has 0 radical (unpaired) electrons. The van der Waals surface area contributed by atoms with Crippen LogP contribution < -0.4 is 5.32 Å². The molecule has 2 rings (SSSR count). The van der Waals surface area contributed by atoms with Gasteiger partial charge in [-0.05, 0) is 47.7 Å². The molecule has 0 saturated heterocycles. The predicted molar refractivity (Wildman–Crippen MR) is 130 cm³/mol. The fourth-order valence-corrected chi connectivity index (χ4v) is 4.07. The van der Waals surface area contributed by atoms with Gasteiger partial charge < -0.3 is 5.32 Å². The van der Waals surface area contributed by atoms with Crippen LogP contribution in [0.1, 0.15) is 41.0 Å². The zero-order chi connectivity index (χ0) is 26.6. The van der Waals surface area contributed by atoms with Crippen molar-refractivity contribution in [2.75, 3.05) is 6.54 Å². The maximum Gasteiger partial charge on any atom is 0.405 e. The van der Waals surface area contributed by atoms with Crippen LogP contribution in [0, 0.1) is 6.92 Å². The number of amides is 1. The molecule has 1 N–H and O–H groups in total. The van der Waals surface area contributed by atoms with Crippen molar-refractivity contribution in [1.82, 2.24) is 5.32 Å². The van der Waals surface area contributed by atoms with Gasteiger partial charge in [0, 0.05) is 11.3 Å². The van der Waals surface area contributed by atoms with Crippen LogP contribution in [0.5, 0.6) is 0 Å². The summed E-state index contributed by atoms with van der Waals surface area (Å²) in [6.07, 6.45) is -7.06. The van der Waals surface area contributed by atoms with Gasteiger partial charge in [-0.1, -0.05) is 77.4 Å². The van der Waals surface area contributed by atoms with E-state index in [2.05, 4.69) is 0 Å². The summed E-state index contributed by atoms with van der Waals surface area (Å²) in [7, 11) is 0. The Labute approximate surface area is 218 Å². The van der Waals surface area contributed by atoms with Crippen LogP contribution in [-0.2, 0) is 4.79 Å². The Morgan fingerprint density at radius 3 is 2.14 bits per heavy atom. The molecule has 0 fully saturated rings. The van der Waals surface area contributed by atoms with Gasteiger partial charge in [0.15, 0.2) is 0 Å². The summed E-state index contributed by atoms with van der Waals surface area (Å²) in [6, 6.07) is 6.95. The standard InChI is InChI=1S/C23H18Cl3F6NOS/c1-12-8-13(2-4-15(12)19(35)6-7-20(34)33-11-22(27,28)29)3-5-16(23(30,31)32)14-9-17(24)21(26)18(25)10-14/h2-5,8-10,16H,6-7,11H2,1H3,(H,33,34)/b5-3+. The SMILES string of the molecule is Cc1cc(/C=C/C(c2cc(Cl)c(Cl)c(Cl)c2)C(F)(F)F)ccc1C(=S)CCC(=O)NCC(F)(F)F. The van der Waals surface area contributed by atoms with Gasteiger partial charge in [0.05, 0.1) is 21.0 Å². The molecular formula is C23H18Cl3F6NOS. The molecule has 190 valence electrons. The molecule has 12 heteroatoms. The number of hydrogen-bond acceptors (Lipinski definition) is 2. The Hall–Kier alpha value is -1.81. The summed E-state index contributed by atoms with van der Waals surface area (Å²) >= 11 is 22.9. The second-order valence-corrected chi connectivity index (χ2v) is 9.25. The predicted octanol–water partition coefficient (Wildman–Crippen LogP) is 8.49. The Balaban J connectivity index is 2.15. The van der Waals surface area contributed by atoms with Crippen molar-refractivity contribution >= 4 is 63.9 Å². The zero-order valence-electron chi connectivity index (χ0n) is 18.0. The lowest BCUT2D eigenvalue weighted by atomic mass is 9.95. The summed E-state index contributed by atoms with van der Waals surface area (Å²) in [6.45, 7) is 0.259. The van der Waals surface area contributed by atoms with Crippen molar-refractivity contribution in [3.05, 3.63) is 73.7 Å². The van der Waals surface area contributed by atoms with Gasteiger partial charge in [-0.25, -0.2) is 0 Å². The van der Waals surface area contributed by atoms with Gasteiger partial charge in [-0.3, -0.25) is 4.79 Å². The van der Waals surface area contributed by atoms with Crippen LogP contribution >= 0.6 is 47.0 Å². The number of benzene rings is 2. The number of thiocarbonyl (C=S) groups is 1. The highest BCUT2D eigenvalue weighted by Gasteiger charge is 2.39. The molecule has 0 aliphatic carbocycles. The molecule has 1 atom stereocenters. The van der Waals surface area contributed by atoms with Gasteiger partial charge in [0.1, 0.15) is 6.54 Å². The van der Waals surface area contributed by atoms with E-state index in [0.717, 1.165) is 18.2 Å². The number of carbonyl (C=O) groups is 1. The number of halogens is 9. The summed E-state index contributed by atoms with van der Waals surface area (Å²) in [5, 5.41) is 1.53. The molecule has 2 aromatic rings. The summed E-state index contributed by atoms with van der Waals surface area (Å²) in [5.41, 5.74) is 1.49. The molecule has 0 aromatic heterocycles. The third-order valence-corrected chi connectivity index (χ3v) is 6.44. The van der Waals surface area contributed by atoms with Crippen molar-refractivity contribution in [1.29, 1.82) is 0 Å². The highest BCUT2D eigenvalue weighted by molar-refractivity contribution is 7.80. The molecule has 35 heavy (non-hydrogen) atoms. The molecule has 0 spiro atoms. The maximum absolute atomic E-state index is 13.7. The van der Waals surface area contributed by atoms with E-state index in [0.29, 0.717) is 21.6 Å². The number of alkyl halides is 6. The molecule has 0 aliphatic heterocycles. The monoisotopic (exact) mass is 575 g/mol. The summed E-state index contributed by atoms with van der Waals surface area (Å²) in [4.78, 5) is 11.9. The van der Waals surface area contributed by atoms with Crippen LogP contribution in [-0.4, -0.2) is 29.7 Å². The maximum atomic E-state index is 13.7. The minimum atomic E-state index is -4.62. The molecule has 0 aliphatic rings. The molecule has 1 amide bonds. The fourth-order valence-electron chi connectivity index (χ4n) is 3.12. The van der Waals surface area contributed by atoms with Crippen molar-refractivity contribution < 1.29 is 31.1 Å². The molecule has 0 saturated carbocycles. The third kappa shape index (κ3) is 8.97. The van der Waals surface area contributed by atoms with Crippen molar-refractivity contribution in [2.45, 2.75) is 38.0 Å². The lowest BCUT2D eigenvalue weighted by Gasteiger charge is -2.18. The summed E-state index contributed by atoms with van der Waals surface area (Å²) in [5.74, 6) is -2.78. The average molecular weight is 577 g/mol. The molecule has 2 aromatic carbocycles. The van der Waals surface area contributed by atoms with Gasteiger partial charge in [0.25, 0.3) is 0 Å². The molecule has 1 unspecified atom stereocenters. The van der Waals surface area contributed by atoms with Crippen LogP contribution in [0.4, 0.5) is 26.3 Å². The topological polar surface area (TPSA) is 29.1 Å². The van der Waals surface area contributed by atoms with Crippen molar-refractivity contribution in [3.8, 4) is 0 Å². The van der Waals surface area contributed by atoms with E-state index >= 15 is 0 Å². The van der Waals surface area contributed by atoms with Crippen LogP contribution in [0.25, 0.3) is 6.08 Å². The number of allylic oxidation sites excluding steroid dienone is 1. The van der Waals surface area contributed by atoms with Gasteiger partial charge in [-0.15, -0.1) is 0 Å². The number of aryl methyl sites for hydroxylation is 1. The first-order valence-corrected chi connectivity index (χ1v) is 11.5. The normalized spacial score (nSPS) is 13.2. The molecule has 0 bridgehead atoms. The minimum absolute atomic E-state index is 0.0398. The third-order valence-electron chi connectivity index (χ3n) is 4.82. The number of hydrogen-bond donors (Lipinski definition) is 1. The van der Waals surface area contributed by atoms with Crippen LogP contribution in [0.15, 0.2) is 36.4 Å². The molecule has 2 nitrogen and oxygen atoms in total. The van der Waals surface area contributed by atoms with Gasteiger partial charge >= 0.3 is 12.4 Å². The first kappa shape index (κ1) is 29.4. The van der Waals surface area contributed by atoms with E-state index in [-0.39, 0.29) is 33.5 Å². The van der Waals surface area contributed by atoms with E-state index < -0.39 is 30.7 Å². The van der Waals surface area contributed by atoms with E-state index in [1.165, 1.54) is 6.08 Å². The van der Waals surface area contributed by atoms with Gasteiger partial charge in [-0.2, -0.15) is 26.3 Å². The Morgan fingerprint density at radius 2 is 1.63 bits per heavy atom. The van der Waals surface area contributed by atoms with E-state index in [4.69, 9.17) is 47.0 Å². The lowest BCUT2D eigenvalue weighted by Crippen LogP contribution is -2.33. The highest BCUT2D eigenvalue weighted by Crippen LogP contribution is 2.41. The quantitative estimate of drug-likeness (QED) is 0.148. The van der Waals surface area contributed by atoms with E-state index in [1.807, 2.05) is 0 Å². The zero-order valence-corrected chi connectivity index (χ0v) is 21.0. The Kier molecular flexibility index (Phi) is 10.0. The second-order valence-electron chi connectivity index (χ2n) is 7.57. The average Bonchev–Trinajstić information content (AvgIpc) is 2.73. The van der Waals surface area contributed by atoms with Crippen molar-refractivity contribution in [3.63, 3.8) is 0 Å². The van der Waals surface area contributed by atoms with E-state index in [9.17, 15) is 31.1 Å².